The summed E-state index contributed by atoms with van der Waals surface area (Å²) >= 11 is 7.88. The Morgan fingerprint density at radius 1 is 1.19 bits per heavy atom. The largest absolute Gasteiger partial charge is 0.354 e. The molecule has 3 heterocycles. The summed E-state index contributed by atoms with van der Waals surface area (Å²) in [6, 6.07) is 6.00. The Kier molecular flexibility index (Phi) is 3.41. The molecule has 108 valence electrons. The predicted octanol–water partition coefficient (Wildman–Crippen LogP) is 3.30. The van der Waals surface area contributed by atoms with Crippen molar-refractivity contribution in [2.45, 2.75) is 6.42 Å². The van der Waals surface area contributed by atoms with Gasteiger partial charge in [0.25, 0.3) is 0 Å². The summed E-state index contributed by atoms with van der Waals surface area (Å²) in [6.45, 7) is 4.10. The number of nitrogens with one attached hydrogen (secondary N) is 1. The maximum atomic E-state index is 6.13. The minimum Gasteiger partial charge on any atom is -0.354 e. The average molecular weight is 319 g/mol. The van der Waals surface area contributed by atoms with Gasteiger partial charge in [-0.25, -0.2) is 9.97 Å². The highest BCUT2D eigenvalue weighted by Crippen LogP contribution is 2.38. The molecule has 0 radical (unpaired) electrons. The molecule has 0 saturated carbocycles. The summed E-state index contributed by atoms with van der Waals surface area (Å²) in [6.07, 6.45) is 2.81. The van der Waals surface area contributed by atoms with Gasteiger partial charge in [-0.15, -0.1) is 11.3 Å². The molecular formula is C15H15ClN4S. The Labute approximate surface area is 131 Å². The van der Waals surface area contributed by atoms with Crippen molar-refractivity contribution >= 4 is 49.1 Å². The van der Waals surface area contributed by atoms with E-state index < -0.39 is 0 Å². The van der Waals surface area contributed by atoms with E-state index >= 15 is 0 Å². The molecule has 1 fully saturated rings. The zero-order valence-corrected chi connectivity index (χ0v) is 13.0. The quantitative estimate of drug-likeness (QED) is 0.747. The molecular weight excluding hydrogens is 304 g/mol. The van der Waals surface area contributed by atoms with Gasteiger partial charge in [-0.3, -0.25) is 0 Å². The first kappa shape index (κ1) is 13.2. The van der Waals surface area contributed by atoms with Crippen LogP contribution in [0.2, 0.25) is 5.02 Å². The number of thiophene rings is 1. The molecule has 6 heteroatoms. The molecule has 1 N–H and O–H groups in total. The number of hydrogen-bond acceptors (Lipinski definition) is 5. The van der Waals surface area contributed by atoms with Crippen molar-refractivity contribution in [2.75, 3.05) is 31.1 Å². The van der Waals surface area contributed by atoms with Crippen molar-refractivity contribution < 1.29 is 0 Å². The van der Waals surface area contributed by atoms with E-state index in [0.29, 0.717) is 0 Å². The molecule has 0 spiro atoms. The molecule has 1 saturated heterocycles. The Balaban J connectivity index is 1.91. The fourth-order valence-corrected chi connectivity index (χ4v) is 4.15. The van der Waals surface area contributed by atoms with Crippen LogP contribution in [0.1, 0.15) is 6.42 Å². The smallest absolute Gasteiger partial charge is 0.150 e. The van der Waals surface area contributed by atoms with Gasteiger partial charge in [0.1, 0.15) is 12.1 Å². The van der Waals surface area contributed by atoms with E-state index in [9.17, 15) is 0 Å². The van der Waals surface area contributed by atoms with Crippen LogP contribution in [0.15, 0.2) is 24.5 Å². The highest BCUT2D eigenvalue weighted by molar-refractivity contribution is 7.26. The summed E-state index contributed by atoms with van der Waals surface area (Å²) in [5.41, 5.74) is 1.01. The lowest BCUT2D eigenvalue weighted by Crippen LogP contribution is -2.28. The van der Waals surface area contributed by atoms with Crippen molar-refractivity contribution in [1.29, 1.82) is 0 Å². The molecule has 0 amide bonds. The summed E-state index contributed by atoms with van der Waals surface area (Å²) < 4.78 is 2.38. The standard InChI is InChI=1S/C15H15ClN4S/c16-10-2-3-12-11(8-10)13-14(21-12)15(19-9-18-13)20-6-1-4-17-5-7-20/h2-3,8-9,17H,1,4-7H2. The van der Waals surface area contributed by atoms with Crippen LogP contribution in [0.5, 0.6) is 0 Å². The van der Waals surface area contributed by atoms with Crippen molar-refractivity contribution in [3.8, 4) is 0 Å². The van der Waals surface area contributed by atoms with Gasteiger partial charge in [-0.1, -0.05) is 11.6 Å². The number of rotatable bonds is 1. The summed E-state index contributed by atoms with van der Waals surface area (Å²) in [5, 5.41) is 5.31. The van der Waals surface area contributed by atoms with E-state index in [0.717, 1.165) is 59.0 Å². The molecule has 1 aliphatic rings. The molecule has 0 unspecified atom stereocenters. The first-order valence-corrected chi connectivity index (χ1v) is 8.31. The molecule has 0 aliphatic carbocycles. The van der Waals surface area contributed by atoms with Crippen LogP contribution in [0.3, 0.4) is 0 Å². The van der Waals surface area contributed by atoms with Crippen LogP contribution < -0.4 is 10.2 Å². The average Bonchev–Trinajstić information content (AvgIpc) is 2.69. The van der Waals surface area contributed by atoms with E-state index in [-0.39, 0.29) is 0 Å². The number of fused-ring (bicyclic) bond motifs is 3. The number of anilines is 1. The molecule has 2 aromatic heterocycles. The Morgan fingerprint density at radius 3 is 3.10 bits per heavy atom. The van der Waals surface area contributed by atoms with E-state index in [1.165, 1.54) is 4.70 Å². The van der Waals surface area contributed by atoms with Crippen molar-refractivity contribution in [1.82, 2.24) is 15.3 Å². The third-order valence-electron chi connectivity index (χ3n) is 3.83. The summed E-state index contributed by atoms with van der Waals surface area (Å²) in [5.74, 6) is 1.06. The Bertz CT molecular complexity index is 793. The zero-order chi connectivity index (χ0) is 14.2. The fraction of sp³-hybridized carbons (Fsp3) is 0.333. The molecule has 4 rings (SSSR count). The van der Waals surface area contributed by atoms with Gasteiger partial charge in [-0.05, 0) is 31.2 Å². The molecule has 21 heavy (non-hydrogen) atoms. The van der Waals surface area contributed by atoms with Crippen molar-refractivity contribution in [3.63, 3.8) is 0 Å². The number of aromatic nitrogens is 2. The van der Waals surface area contributed by atoms with E-state index in [1.807, 2.05) is 12.1 Å². The lowest BCUT2D eigenvalue weighted by molar-refractivity contribution is 0.724. The lowest BCUT2D eigenvalue weighted by Gasteiger charge is -2.21. The number of benzene rings is 1. The van der Waals surface area contributed by atoms with E-state index in [2.05, 4.69) is 26.3 Å². The van der Waals surface area contributed by atoms with Crippen LogP contribution in [0, 0.1) is 0 Å². The van der Waals surface area contributed by atoms with Gasteiger partial charge in [0.2, 0.25) is 0 Å². The number of halogens is 1. The minimum atomic E-state index is 0.751. The molecule has 1 aliphatic heterocycles. The summed E-state index contributed by atoms with van der Waals surface area (Å²) in [7, 11) is 0. The van der Waals surface area contributed by atoms with Crippen LogP contribution in [-0.2, 0) is 0 Å². The third-order valence-corrected chi connectivity index (χ3v) is 5.22. The normalized spacial score (nSPS) is 16.5. The molecule has 0 bridgehead atoms. The van der Waals surface area contributed by atoms with E-state index in [1.54, 1.807) is 17.7 Å². The first-order valence-electron chi connectivity index (χ1n) is 7.11. The first-order chi connectivity index (χ1) is 10.3. The number of hydrogen-bond donors (Lipinski definition) is 1. The molecule has 4 nitrogen and oxygen atoms in total. The Morgan fingerprint density at radius 2 is 2.14 bits per heavy atom. The second kappa shape index (κ2) is 5.40. The van der Waals surface area contributed by atoms with Gasteiger partial charge in [-0.2, -0.15) is 0 Å². The van der Waals surface area contributed by atoms with Crippen molar-refractivity contribution in [3.05, 3.63) is 29.5 Å². The highest BCUT2D eigenvalue weighted by atomic mass is 35.5. The highest BCUT2D eigenvalue weighted by Gasteiger charge is 2.17. The maximum Gasteiger partial charge on any atom is 0.150 e. The van der Waals surface area contributed by atoms with Gasteiger partial charge in [0, 0.05) is 34.7 Å². The Hall–Kier alpha value is -1.43. The van der Waals surface area contributed by atoms with Gasteiger partial charge < -0.3 is 10.2 Å². The molecule has 0 atom stereocenters. The maximum absolute atomic E-state index is 6.13. The van der Waals surface area contributed by atoms with Gasteiger partial charge in [0.05, 0.1) is 10.2 Å². The summed E-state index contributed by atoms with van der Waals surface area (Å²) in [4.78, 5) is 11.4. The topological polar surface area (TPSA) is 41.0 Å². The van der Waals surface area contributed by atoms with Crippen LogP contribution in [-0.4, -0.2) is 36.1 Å². The zero-order valence-electron chi connectivity index (χ0n) is 11.5. The van der Waals surface area contributed by atoms with Gasteiger partial charge >= 0.3 is 0 Å². The number of nitrogens with zero attached hydrogens (tertiary/aromatic N) is 3. The third kappa shape index (κ3) is 2.35. The second-order valence-corrected chi connectivity index (χ2v) is 6.70. The van der Waals surface area contributed by atoms with E-state index in [4.69, 9.17) is 11.6 Å². The second-order valence-electron chi connectivity index (χ2n) is 5.21. The van der Waals surface area contributed by atoms with Crippen LogP contribution in [0.25, 0.3) is 20.3 Å². The molecule has 3 aromatic rings. The monoisotopic (exact) mass is 318 g/mol. The van der Waals surface area contributed by atoms with Crippen LogP contribution >= 0.6 is 22.9 Å². The minimum absolute atomic E-state index is 0.751. The van der Waals surface area contributed by atoms with Gasteiger partial charge in [0.15, 0.2) is 0 Å². The fourth-order valence-electron chi connectivity index (χ4n) is 2.82. The SMILES string of the molecule is Clc1ccc2sc3c(N4CCCNCC4)ncnc3c2c1. The molecule has 1 aromatic carbocycles. The van der Waals surface area contributed by atoms with Crippen molar-refractivity contribution in [2.24, 2.45) is 0 Å². The predicted molar refractivity (Wildman–Crippen MR) is 89.6 cm³/mol. The van der Waals surface area contributed by atoms with Crippen LogP contribution in [0.4, 0.5) is 5.82 Å². The lowest BCUT2D eigenvalue weighted by atomic mass is 10.2.